The highest BCUT2D eigenvalue weighted by Gasteiger charge is 2.28. The summed E-state index contributed by atoms with van der Waals surface area (Å²) in [4.78, 5) is 24.5. The molecule has 1 atom stereocenters. The highest BCUT2D eigenvalue weighted by Crippen LogP contribution is 2.12. The van der Waals surface area contributed by atoms with Gasteiger partial charge in [-0.3, -0.25) is 9.59 Å². The number of hydrogen-bond acceptors (Lipinski definition) is 4. The first-order valence-corrected chi connectivity index (χ1v) is 5.56. The number of rotatable bonds is 3. The van der Waals surface area contributed by atoms with E-state index in [9.17, 15) is 9.59 Å². The Morgan fingerprint density at radius 2 is 2.19 bits per heavy atom. The maximum atomic E-state index is 11.5. The largest absolute Gasteiger partial charge is 0.460 e. The van der Waals surface area contributed by atoms with E-state index in [0.29, 0.717) is 19.5 Å². The average Bonchev–Trinajstić information content (AvgIpc) is 2.42. The van der Waals surface area contributed by atoms with Crippen molar-refractivity contribution in [2.24, 2.45) is 5.73 Å². The van der Waals surface area contributed by atoms with E-state index in [1.54, 1.807) is 4.90 Å². The van der Waals surface area contributed by atoms with E-state index in [1.807, 2.05) is 20.8 Å². The molecule has 1 heterocycles. The Hall–Kier alpha value is -1.10. The lowest BCUT2D eigenvalue weighted by atomic mass is 10.2. The first-order valence-electron chi connectivity index (χ1n) is 5.56. The van der Waals surface area contributed by atoms with Crippen molar-refractivity contribution < 1.29 is 14.3 Å². The van der Waals surface area contributed by atoms with Crippen LogP contribution < -0.4 is 5.73 Å². The second-order valence-corrected chi connectivity index (χ2v) is 5.06. The molecule has 5 nitrogen and oxygen atoms in total. The predicted octanol–water partition coefficient (Wildman–Crippen LogP) is 0.278. The average molecular weight is 228 g/mol. The van der Waals surface area contributed by atoms with Crippen LogP contribution in [0.4, 0.5) is 0 Å². The van der Waals surface area contributed by atoms with Gasteiger partial charge in [0.05, 0.1) is 12.5 Å². The summed E-state index contributed by atoms with van der Waals surface area (Å²) in [7, 11) is 0. The molecule has 16 heavy (non-hydrogen) atoms. The molecule has 1 unspecified atom stereocenters. The third-order valence-corrected chi connectivity index (χ3v) is 2.34. The Morgan fingerprint density at radius 3 is 2.62 bits per heavy atom. The van der Waals surface area contributed by atoms with E-state index in [0.717, 1.165) is 0 Å². The van der Waals surface area contributed by atoms with Gasteiger partial charge >= 0.3 is 5.97 Å². The van der Waals surface area contributed by atoms with Crippen LogP contribution in [0.1, 0.15) is 33.6 Å². The lowest BCUT2D eigenvalue weighted by Crippen LogP contribution is -2.36. The highest BCUT2D eigenvalue weighted by atomic mass is 16.6. The summed E-state index contributed by atoms with van der Waals surface area (Å²) in [6, 6.07) is -0.390. The van der Waals surface area contributed by atoms with Crippen molar-refractivity contribution in [3.63, 3.8) is 0 Å². The molecule has 1 aliphatic rings. The van der Waals surface area contributed by atoms with Crippen molar-refractivity contribution in [1.29, 1.82) is 0 Å². The van der Waals surface area contributed by atoms with Crippen LogP contribution in [0.5, 0.6) is 0 Å². The van der Waals surface area contributed by atoms with Gasteiger partial charge in [-0.05, 0) is 27.2 Å². The van der Waals surface area contributed by atoms with Crippen LogP contribution in [0.3, 0.4) is 0 Å². The number of hydrogen-bond donors (Lipinski definition) is 1. The van der Waals surface area contributed by atoms with Crippen molar-refractivity contribution in [2.75, 3.05) is 13.1 Å². The number of carbonyl (C=O) groups is 2. The minimum Gasteiger partial charge on any atom is -0.460 e. The summed E-state index contributed by atoms with van der Waals surface area (Å²) >= 11 is 0. The Bertz CT molecular complexity index is 283. The quantitative estimate of drug-likeness (QED) is 0.704. The maximum absolute atomic E-state index is 11.5. The standard InChI is InChI=1S/C11H20N2O3/c1-11(2,3)16-9(14)5-7-13-6-4-8(12)10(13)15/h8H,4-7,12H2,1-3H3. The fraction of sp³-hybridized carbons (Fsp3) is 0.818. The van der Waals surface area contributed by atoms with Gasteiger partial charge in [0.15, 0.2) is 0 Å². The smallest absolute Gasteiger partial charge is 0.308 e. The Morgan fingerprint density at radius 1 is 1.56 bits per heavy atom. The van der Waals surface area contributed by atoms with Gasteiger partial charge in [-0.2, -0.15) is 0 Å². The van der Waals surface area contributed by atoms with Gasteiger partial charge in [0.2, 0.25) is 5.91 Å². The molecule has 2 N–H and O–H groups in total. The molecule has 0 radical (unpaired) electrons. The van der Waals surface area contributed by atoms with Crippen molar-refractivity contribution in [3.05, 3.63) is 0 Å². The maximum Gasteiger partial charge on any atom is 0.308 e. The lowest BCUT2D eigenvalue weighted by Gasteiger charge is -2.21. The van der Waals surface area contributed by atoms with E-state index in [4.69, 9.17) is 10.5 Å². The van der Waals surface area contributed by atoms with Crippen molar-refractivity contribution in [1.82, 2.24) is 4.90 Å². The molecule has 0 aliphatic carbocycles. The molecule has 0 aromatic rings. The topological polar surface area (TPSA) is 72.6 Å². The van der Waals surface area contributed by atoms with Crippen LogP contribution in [0, 0.1) is 0 Å². The second kappa shape index (κ2) is 4.82. The van der Waals surface area contributed by atoms with Gasteiger partial charge < -0.3 is 15.4 Å². The normalized spacial score (nSPS) is 21.4. The predicted molar refractivity (Wildman–Crippen MR) is 59.6 cm³/mol. The Balaban J connectivity index is 2.30. The SMILES string of the molecule is CC(C)(C)OC(=O)CCN1CCC(N)C1=O. The van der Waals surface area contributed by atoms with E-state index in [2.05, 4.69) is 0 Å². The van der Waals surface area contributed by atoms with Crippen LogP contribution in [0.2, 0.25) is 0 Å². The van der Waals surface area contributed by atoms with Crippen LogP contribution in [-0.4, -0.2) is 41.5 Å². The lowest BCUT2D eigenvalue weighted by molar-refractivity contribution is -0.155. The monoisotopic (exact) mass is 228 g/mol. The molecule has 1 amide bonds. The van der Waals surface area contributed by atoms with E-state index >= 15 is 0 Å². The second-order valence-electron chi connectivity index (χ2n) is 5.06. The van der Waals surface area contributed by atoms with Crippen molar-refractivity contribution in [3.8, 4) is 0 Å². The third-order valence-electron chi connectivity index (χ3n) is 2.34. The van der Waals surface area contributed by atoms with Gasteiger partial charge in [-0.15, -0.1) is 0 Å². The van der Waals surface area contributed by atoms with Crippen LogP contribution in [-0.2, 0) is 14.3 Å². The Labute approximate surface area is 95.9 Å². The van der Waals surface area contributed by atoms with E-state index in [-0.39, 0.29) is 18.3 Å². The molecule has 0 aromatic heterocycles. The van der Waals surface area contributed by atoms with Crippen LogP contribution in [0.15, 0.2) is 0 Å². The van der Waals surface area contributed by atoms with Crippen molar-refractivity contribution >= 4 is 11.9 Å². The fourth-order valence-corrected chi connectivity index (χ4v) is 1.60. The molecule has 92 valence electrons. The molecular weight excluding hydrogens is 208 g/mol. The number of amides is 1. The summed E-state index contributed by atoms with van der Waals surface area (Å²) in [6.45, 7) is 6.51. The molecule has 0 aromatic carbocycles. The van der Waals surface area contributed by atoms with Gasteiger partial charge in [0.25, 0.3) is 0 Å². The third kappa shape index (κ3) is 3.81. The molecule has 0 saturated carbocycles. The number of nitrogens with zero attached hydrogens (tertiary/aromatic N) is 1. The summed E-state index contributed by atoms with van der Waals surface area (Å²) in [5.41, 5.74) is 5.10. The first kappa shape index (κ1) is 13.0. The van der Waals surface area contributed by atoms with Crippen LogP contribution >= 0.6 is 0 Å². The number of likely N-dealkylation sites (tertiary alicyclic amines) is 1. The number of carbonyl (C=O) groups excluding carboxylic acids is 2. The first-order chi connectivity index (χ1) is 7.29. The molecular formula is C11H20N2O3. The number of esters is 1. The molecule has 5 heteroatoms. The molecule has 0 bridgehead atoms. The molecule has 1 saturated heterocycles. The minimum atomic E-state index is -0.470. The number of nitrogens with two attached hydrogens (primary N) is 1. The van der Waals surface area contributed by atoms with E-state index < -0.39 is 11.6 Å². The molecule has 1 fully saturated rings. The highest BCUT2D eigenvalue weighted by molar-refractivity contribution is 5.84. The molecule has 0 spiro atoms. The zero-order valence-corrected chi connectivity index (χ0v) is 10.2. The zero-order chi connectivity index (χ0) is 12.3. The Kier molecular flexibility index (Phi) is 3.91. The summed E-state index contributed by atoms with van der Waals surface area (Å²) < 4.78 is 5.15. The van der Waals surface area contributed by atoms with Gasteiger partial charge in [-0.25, -0.2) is 0 Å². The van der Waals surface area contributed by atoms with Gasteiger partial charge in [0.1, 0.15) is 5.60 Å². The molecule has 1 aliphatic heterocycles. The van der Waals surface area contributed by atoms with Gasteiger partial charge in [0, 0.05) is 13.1 Å². The summed E-state index contributed by atoms with van der Waals surface area (Å²) in [5.74, 6) is -0.343. The molecule has 1 rings (SSSR count). The summed E-state index contributed by atoms with van der Waals surface area (Å²) in [6.07, 6.45) is 0.906. The van der Waals surface area contributed by atoms with E-state index in [1.165, 1.54) is 0 Å². The van der Waals surface area contributed by atoms with Crippen molar-refractivity contribution in [2.45, 2.75) is 45.3 Å². The minimum absolute atomic E-state index is 0.0661. The fourth-order valence-electron chi connectivity index (χ4n) is 1.60. The zero-order valence-electron chi connectivity index (χ0n) is 10.2. The van der Waals surface area contributed by atoms with Gasteiger partial charge in [-0.1, -0.05) is 0 Å². The summed E-state index contributed by atoms with van der Waals surface area (Å²) in [5, 5.41) is 0. The number of ether oxygens (including phenoxy) is 1. The van der Waals surface area contributed by atoms with Crippen LogP contribution in [0.25, 0.3) is 0 Å².